The summed E-state index contributed by atoms with van der Waals surface area (Å²) in [7, 11) is 1.61. The molecule has 0 aromatic heterocycles. The van der Waals surface area contributed by atoms with Gasteiger partial charge in [0, 0.05) is 36.3 Å². The number of rotatable bonds is 3. The third-order valence-corrected chi connectivity index (χ3v) is 5.91. The van der Waals surface area contributed by atoms with Crippen LogP contribution in [0.15, 0.2) is 48.5 Å². The van der Waals surface area contributed by atoms with Crippen molar-refractivity contribution in [1.82, 2.24) is 4.90 Å². The van der Waals surface area contributed by atoms with Gasteiger partial charge in [0.15, 0.2) is 0 Å². The number of hydrogen-bond acceptors (Lipinski definition) is 3. The van der Waals surface area contributed by atoms with Crippen molar-refractivity contribution in [2.75, 3.05) is 25.1 Å². The smallest absolute Gasteiger partial charge is 0.253 e. The van der Waals surface area contributed by atoms with E-state index in [0.29, 0.717) is 31.5 Å². The summed E-state index contributed by atoms with van der Waals surface area (Å²) < 4.78 is 5.15. The summed E-state index contributed by atoms with van der Waals surface area (Å²) in [5.74, 6) is 0.942. The average Bonchev–Trinajstić information content (AvgIpc) is 3.08. The molecule has 1 saturated heterocycles. The molecule has 0 saturated carbocycles. The first-order valence-corrected chi connectivity index (χ1v) is 9.93. The van der Waals surface area contributed by atoms with Crippen molar-refractivity contribution in [3.05, 3.63) is 59.7 Å². The largest absolute Gasteiger partial charge is 0.497 e. The number of carbonyl (C=O) groups excluding carboxylic acids is 2. The number of para-hydroxylation sites is 1. The van der Waals surface area contributed by atoms with Crippen LogP contribution in [0.3, 0.4) is 0 Å². The van der Waals surface area contributed by atoms with E-state index in [1.54, 1.807) is 31.4 Å². The molecule has 2 amide bonds. The quantitative estimate of drug-likeness (QED) is 0.821. The Labute approximate surface area is 165 Å². The summed E-state index contributed by atoms with van der Waals surface area (Å²) in [5, 5.41) is 0. The monoisotopic (exact) mass is 378 g/mol. The van der Waals surface area contributed by atoms with E-state index < -0.39 is 0 Å². The predicted molar refractivity (Wildman–Crippen MR) is 109 cm³/mol. The molecule has 2 aliphatic heterocycles. The molecule has 0 bridgehead atoms. The Hall–Kier alpha value is -2.82. The maximum absolute atomic E-state index is 13.2. The van der Waals surface area contributed by atoms with E-state index in [1.165, 1.54) is 5.56 Å². The van der Waals surface area contributed by atoms with Crippen LogP contribution in [0.2, 0.25) is 0 Å². The Morgan fingerprint density at radius 3 is 2.36 bits per heavy atom. The van der Waals surface area contributed by atoms with Crippen LogP contribution in [-0.4, -0.2) is 43.0 Å². The molecule has 1 unspecified atom stereocenters. The Kier molecular flexibility index (Phi) is 5.07. The predicted octanol–water partition coefficient (Wildman–Crippen LogP) is 3.53. The number of likely N-dealkylation sites (tertiary alicyclic amines) is 1. The summed E-state index contributed by atoms with van der Waals surface area (Å²) in [6.45, 7) is 3.34. The number of hydrogen-bond donors (Lipinski definition) is 0. The summed E-state index contributed by atoms with van der Waals surface area (Å²) >= 11 is 0. The van der Waals surface area contributed by atoms with Crippen molar-refractivity contribution >= 4 is 17.5 Å². The molecule has 1 atom stereocenters. The molecule has 0 spiro atoms. The maximum Gasteiger partial charge on any atom is 0.253 e. The second kappa shape index (κ2) is 7.66. The fourth-order valence-corrected chi connectivity index (χ4v) is 4.34. The molecule has 5 nitrogen and oxygen atoms in total. The van der Waals surface area contributed by atoms with Gasteiger partial charge in [-0.15, -0.1) is 0 Å². The number of nitrogens with zero attached hydrogens (tertiary/aromatic N) is 2. The molecule has 0 N–H and O–H groups in total. The van der Waals surface area contributed by atoms with Gasteiger partial charge in [0.1, 0.15) is 5.75 Å². The van der Waals surface area contributed by atoms with Gasteiger partial charge in [0.05, 0.1) is 7.11 Å². The minimum absolute atomic E-state index is 0.0199. The van der Waals surface area contributed by atoms with Gasteiger partial charge in [0.2, 0.25) is 5.91 Å². The highest BCUT2D eigenvalue weighted by atomic mass is 16.5. The van der Waals surface area contributed by atoms with E-state index in [-0.39, 0.29) is 23.8 Å². The molecule has 2 aliphatic rings. The minimum atomic E-state index is -0.0199. The second-order valence-corrected chi connectivity index (χ2v) is 7.69. The normalized spacial score (nSPS) is 19.4. The van der Waals surface area contributed by atoms with Crippen molar-refractivity contribution in [2.24, 2.45) is 5.92 Å². The molecular weight excluding hydrogens is 352 g/mol. The van der Waals surface area contributed by atoms with Gasteiger partial charge < -0.3 is 14.5 Å². The highest BCUT2D eigenvalue weighted by Crippen LogP contribution is 2.34. The van der Waals surface area contributed by atoms with Gasteiger partial charge in [-0.1, -0.05) is 18.2 Å². The highest BCUT2D eigenvalue weighted by Gasteiger charge is 2.36. The molecule has 1 fully saturated rings. The fraction of sp³-hybridized carbons (Fsp3) is 0.391. The average molecular weight is 378 g/mol. The van der Waals surface area contributed by atoms with Crippen molar-refractivity contribution in [3.8, 4) is 5.75 Å². The topological polar surface area (TPSA) is 49.9 Å². The van der Waals surface area contributed by atoms with Crippen LogP contribution in [0.25, 0.3) is 0 Å². The molecule has 0 aliphatic carbocycles. The number of amides is 2. The third-order valence-electron chi connectivity index (χ3n) is 5.91. The van der Waals surface area contributed by atoms with Crippen LogP contribution in [0.4, 0.5) is 5.69 Å². The minimum Gasteiger partial charge on any atom is -0.497 e. The zero-order chi connectivity index (χ0) is 19.7. The van der Waals surface area contributed by atoms with E-state index in [0.717, 1.165) is 17.9 Å². The number of ether oxygens (including phenoxy) is 1. The first kappa shape index (κ1) is 18.5. The van der Waals surface area contributed by atoms with E-state index in [4.69, 9.17) is 4.74 Å². The Bertz CT molecular complexity index is 870. The molecule has 146 valence electrons. The number of piperidine rings is 1. The van der Waals surface area contributed by atoms with Crippen LogP contribution >= 0.6 is 0 Å². The number of carbonyl (C=O) groups is 2. The lowest BCUT2D eigenvalue weighted by Gasteiger charge is -2.34. The van der Waals surface area contributed by atoms with Crippen LogP contribution in [0, 0.1) is 5.92 Å². The molecule has 0 radical (unpaired) electrons. The van der Waals surface area contributed by atoms with Crippen LogP contribution in [0.5, 0.6) is 5.75 Å². The van der Waals surface area contributed by atoms with Gasteiger partial charge in [-0.05, 0) is 62.1 Å². The van der Waals surface area contributed by atoms with Gasteiger partial charge in [-0.25, -0.2) is 0 Å². The SMILES string of the molecule is COc1ccc(C(=O)N2CCC(C(=O)N3c4ccccc4CC3C)CC2)cc1. The summed E-state index contributed by atoms with van der Waals surface area (Å²) in [6, 6.07) is 15.6. The fourth-order valence-electron chi connectivity index (χ4n) is 4.34. The summed E-state index contributed by atoms with van der Waals surface area (Å²) in [5.41, 5.74) is 2.96. The molecule has 2 aromatic rings. The van der Waals surface area contributed by atoms with E-state index in [9.17, 15) is 9.59 Å². The van der Waals surface area contributed by atoms with Gasteiger partial charge in [-0.3, -0.25) is 9.59 Å². The lowest BCUT2D eigenvalue weighted by molar-refractivity contribution is -0.124. The van der Waals surface area contributed by atoms with Crippen LogP contribution < -0.4 is 9.64 Å². The number of anilines is 1. The van der Waals surface area contributed by atoms with Crippen molar-refractivity contribution < 1.29 is 14.3 Å². The Morgan fingerprint density at radius 1 is 1.00 bits per heavy atom. The first-order chi connectivity index (χ1) is 13.6. The van der Waals surface area contributed by atoms with E-state index in [1.807, 2.05) is 28.0 Å². The second-order valence-electron chi connectivity index (χ2n) is 7.69. The molecule has 2 heterocycles. The van der Waals surface area contributed by atoms with E-state index in [2.05, 4.69) is 13.0 Å². The van der Waals surface area contributed by atoms with Crippen molar-refractivity contribution in [1.29, 1.82) is 0 Å². The molecular formula is C23H26N2O3. The lowest BCUT2D eigenvalue weighted by Crippen LogP contribution is -2.46. The van der Waals surface area contributed by atoms with Gasteiger partial charge >= 0.3 is 0 Å². The lowest BCUT2D eigenvalue weighted by atomic mass is 9.94. The molecule has 28 heavy (non-hydrogen) atoms. The van der Waals surface area contributed by atoms with Crippen molar-refractivity contribution in [2.45, 2.75) is 32.2 Å². The van der Waals surface area contributed by atoms with Gasteiger partial charge in [-0.2, -0.15) is 0 Å². The zero-order valence-corrected chi connectivity index (χ0v) is 16.4. The Morgan fingerprint density at radius 2 is 1.68 bits per heavy atom. The van der Waals surface area contributed by atoms with Crippen LogP contribution in [-0.2, 0) is 11.2 Å². The zero-order valence-electron chi connectivity index (χ0n) is 16.4. The third kappa shape index (κ3) is 3.37. The summed E-state index contributed by atoms with van der Waals surface area (Å²) in [6.07, 6.45) is 2.34. The van der Waals surface area contributed by atoms with Gasteiger partial charge in [0.25, 0.3) is 5.91 Å². The Balaban J connectivity index is 1.40. The van der Waals surface area contributed by atoms with E-state index >= 15 is 0 Å². The highest BCUT2D eigenvalue weighted by molar-refractivity contribution is 5.98. The number of benzene rings is 2. The first-order valence-electron chi connectivity index (χ1n) is 9.93. The maximum atomic E-state index is 13.2. The molecule has 4 rings (SSSR count). The summed E-state index contributed by atoms with van der Waals surface area (Å²) in [4.78, 5) is 29.8. The molecule has 2 aromatic carbocycles. The molecule has 5 heteroatoms. The van der Waals surface area contributed by atoms with Crippen LogP contribution in [0.1, 0.15) is 35.7 Å². The standard InChI is InChI=1S/C23H26N2O3/c1-16-15-19-5-3-4-6-21(19)25(16)23(27)18-11-13-24(14-12-18)22(26)17-7-9-20(28-2)10-8-17/h3-10,16,18H,11-15H2,1-2H3. The van der Waals surface area contributed by atoms with Crippen molar-refractivity contribution in [3.63, 3.8) is 0 Å². The number of fused-ring (bicyclic) bond motifs is 1. The number of methoxy groups -OCH3 is 1.